The molecule has 2 atom stereocenters. The fourth-order valence-electron chi connectivity index (χ4n) is 7.42. The summed E-state index contributed by atoms with van der Waals surface area (Å²) in [6.45, 7) is 4.38. The first kappa shape index (κ1) is 50.1. The number of aliphatic hydroxyl groups excluding tert-OH is 2. The van der Waals surface area contributed by atoms with E-state index in [1.165, 1.54) is 212 Å². The Labute approximate surface area is 320 Å². The highest BCUT2D eigenvalue weighted by Gasteiger charge is 2.20. The zero-order valence-corrected chi connectivity index (χ0v) is 34.9. The fraction of sp³-hybridized carbons (Fsp3) is 0.936. The average Bonchev–Trinajstić information content (AvgIpc) is 3.13. The number of nitrogens with one attached hydrogen (secondary N) is 1. The molecule has 0 rings (SSSR count). The number of aliphatic hydroxyl groups is 2. The van der Waals surface area contributed by atoms with Crippen molar-refractivity contribution < 1.29 is 15.0 Å². The van der Waals surface area contributed by atoms with Crippen LogP contribution in [0.1, 0.15) is 264 Å². The lowest BCUT2D eigenvalue weighted by atomic mass is 10.0. The first-order valence-electron chi connectivity index (χ1n) is 23.4. The highest BCUT2D eigenvalue weighted by molar-refractivity contribution is 5.76. The third kappa shape index (κ3) is 40.2. The molecule has 0 aliphatic heterocycles. The lowest BCUT2D eigenvalue weighted by Crippen LogP contribution is -2.45. The van der Waals surface area contributed by atoms with Crippen molar-refractivity contribution in [3.8, 4) is 0 Å². The molecule has 304 valence electrons. The Morgan fingerprint density at radius 2 is 0.745 bits per heavy atom. The first-order chi connectivity index (χ1) is 25.2. The highest BCUT2D eigenvalue weighted by Crippen LogP contribution is 2.16. The predicted octanol–water partition coefficient (Wildman–Crippen LogP) is 14.6. The number of hydrogen-bond acceptors (Lipinski definition) is 3. The quantitative estimate of drug-likeness (QED) is 0.0434. The minimum Gasteiger partial charge on any atom is -0.394 e. The van der Waals surface area contributed by atoms with Gasteiger partial charge in [-0.1, -0.05) is 231 Å². The van der Waals surface area contributed by atoms with Gasteiger partial charge in [-0.2, -0.15) is 0 Å². The van der Waals surface area contributed by atoms with Crippen molar-refractivity contribution in [2.45, 2.75) is 276 Å². The van der Waals surface area contributed by atoms with E-state index in [0.717, 1.165) is 25.7 Å². The van der Waals surface area contributed by atoms with Crippen LogP contribution in [0, 0.1) is 0 Å². The number of carbonyl (C=O) groups excluding carboxylic acids is 1. The lowest BCUT2D eigenvalue weighted by molar-refractivity contribution is -0.123. The van der Waals surface area contributed by atoms with Crippen LogP contribution in [0.15, 0.2) is 12.2 Å². The number of carbonyl (C=O) groups is 1. The molecular weight excluding hydrogens is 627 g/mol. The van der Waals surface area contributed by atoms with E-state index in [0.29, 0.717) is 12.8 Å². The maximum atomic E-state index is 12.4. The topological polar surface area (TPSA) is 69.6 Å². The third-order valence-electron chi connectivity index (χ3n) is 11.0. The van der Waals surface area contributed by atoms with Gasteiger partial charge in [0.05, 0.1) is 18.8 Å². The van der Waals surface area contributed by atoms with E-state index < -0.39 is 12.1 Å². The normalized spacial score (nSPS) is 12.9. The second-order valence-corrected chi connectivity index (χ2v) is 16.2. The monoisotopic (exact) mass is 720 g/mol. The molecule has 4 nitrogen and oxygen atoms in total. The summed E-state index contributed by atoms with van der Waals surface area (Å²) in [7, 11) is 0. The molecule has 51 heavy (non-hydrogen) atoms. The summed E-state index contributed by atoms with van der Waals surface area (Å²) in [5.74, 6) is -0.0320. The van der Waals surface area contributed by atoms with E-state index in [1.54, 1.807) is 0 Å². The molecule has 0 heterocycles. The smallest absolute Gasteiger partial charge is 0.220 e. The summed E-state index contributed by atoms with van der Waals surface area (Å²) < 4.78 is 0. The number of amides is 1. The molecule has 0 aromatic heterocycles. The van der Waals surface area contributed by atoms with Gasteiger partial charge in [-0.3, -0.25) is 4.79 Å². The Morgan fingerprint density at radius 3 is 1.08 bits per heavy atom. The molecule has 0 spiro atoms. The molecule has 3 N–H and O–H groups in total. The van der Waals surface area contributed by atoms with Crippen LogP contribution < -0.4 is 5.32 Å². The van der Waals surface area contributed by atoms with E-state index in [4.69, 9.17) is 0 Å². The fourth-order valence-corrected chi connectivity index (χ4v) is 7.42. The van der Waals surface area contributed by atoms with Gasteiger partial charge in [-0.05, 0) is 38.5 Å². The third-order valence-corrected chi connectivity index (χ3v) is 11.0. The van der Waals surface area contributed by atoms with E-state index in [-0.39, 0.29) is 12.5 Å². The SMILES string of the molecule is CCCCCCCCCCC/C=C\CCCCCCCCCC(=O)NC(CO)C(O)CCCCCCCCCCCCCCCCCCCCC. The van der Waals surface area contributed by atoms with Gasteiger partial charge in [-0.25, -0.2) is 0 Å². The zero-order chi connectivity index (χ0) is 37.1. The number of allylic oxidation sites excluding steroid dienone is 2. The van der Waals surface area contributed by atoms with Crippen molar-refractivity contribution in [1.82, 2.24) is 5.32 Å². The Bertz CT molecular complexity index is 695. The second kappa shape index (κ2) is 43.5. The van der Waals surface area contributed by atoms with Crippen LogP contribution in [0.4, 0.5) is 0 Å². The van der Waals surface area contributed by atoms with Crippen molar-refractivity contribution in [2.75, 3.05) is 6.61 Å². The van der Waals surface area contributed by atoms with Crippen molar-refractivity contribution in [3.05, 3.63) is 12.2 Å². The molecule has 0 saturated carbocycles. The summed E-state index contributed by atoms with van der Waals surface area (Å²) in [6, 6.07) is -0.535. The van der Waals surface area contributed by atoms with Crippen molar-refractivity contribution >= 4 is 5.91 Å². The minimum absolute atomic E-state index is 0.0320. The van der Waals surface area contributed by atoms with Crippen LogP contribution in [0.2, 0.25) is 0 Å². The maximum Gasteiger partial charge on any atom is 0.220 e. The molecule has 0 aliphatic rings. The van der Waals surface area contributed by atoms with Gasteiger partial charge in [-0.15, -0.1) is 0 Å². The molecule has 2 unspecified atom stereocenters. The van der Waals surface area contributed by atoms with Gasteiger partial charge in [0.1, 0.15) is 0 Å². The van der Waals surface area contributed by atoms with Crippen LogP contribution in [0.5, 0.6) is 0 Å². The summed E-state index contributed by atoms with van der Waals surface area (Å²) in [5, 5.41) is 23.2. The van der Waals surface area contributed by atoms with E-state index >= 15 is 0 Å². The maximum absolute atomic E-state index is 12.4. The first-order valence-corrected chi connectivity index (χ1v) is 23.4. The Balaban J connectivity index is 3.49. The summed E-state index contributed by atoms with van der Waals surface area (Å²) in [4.78, 5) is 12.4. The van der Waals surface area contributed by atoms with E-state index in [2.05, 4.69) is 31.3 Å². The number of hydrogen-bond donors (Lipinski definition) is 3. The number of unbranched alkanes of at least 4 members (excludes halogenated alkanes) is 34. The van der Waals surface area contributed by atoms with E-state index in [9.17, 15) is 15.0 Å². The molecule has 0 saturated heterocycles. The highest BCUT2D eigenvalue weighted by atomic mass is 16.3. The summed E-state index contributed by atoms with van der Waals surface area (Å²) >= 11 is 0. The van der Waals surface area contributed by atoms with Crippen LogP contribution in [-0.4, -0.2) is 34.9 Å². The molecule has 4 heteroatoms. The molecule has 0 bridgehead atoms. The van der Waals surface area contributed by atoms with Crippen molar-refractivity contribution in [1.29, 1.82) is 0 Å². The Kier molecular flexibility index (Phi) is 42.8. The molecule has 0 aliphatic carbocycles. The lowest BCUT2D eigenvalue weighted by Gasteiger charge is -2.22. The molecule has 1 amide bonds. The molecule has 0 aromatic rings. The van der Waals surface area contributed by atoms with E-state index in [1.807, 2.05) is 0 Å². The van der Waals surface area contributed by atoms with Crippen LogP contribution in [0.25, 0.3) is 0 Å². The van der Waals surface area contributed by atoms with Crippen LogP contribution in [0.3, 0.4) is 0 Å². The van der Waals surface area contributed by atoms with Gasteiger partial charge >= 0.3 is 0 Å². The molecule has 0 aromatic carbocycles. The predicted molar refractivity (Wildman–Crippen MR) is 226 cm³/mol. The van der Waals surface area contributed by atoms with Gasteiger partial charge in [0.2, 0.25) is 5.91 Å². The standard InChI is InChI=1S/C47H93NO3/c1-3-5-7-9-11-13-15-17-19-21-23-25-27-29-31-33-35-37-39-41-43-47(51)48-45(44-49)46(50)42-40-38-36-34-32-30-28-26-24-22-20-18-16-14-12-10-8-6-4-2/h23,25,45-46,49-50H,3-22,24,26-44H2,1-2H3,(H,48,51)/b25-23-. The van der Waals surface area contributed by atoms with Crippen LogP contribution >= 0.6 is 0 Å². The molecule has 0 fully saturated rings. The minimum atomic E-state index is -0.658. The van der Waals surface area contributed by atoms with Gasteiger partial charge in [0, 0.05) is 6.42 Å². The van der Waals surface area contributed by atoms with Gasteiger partial charge in [0.15, 0.2) is 0 Å². The molecular formula is C47H93NO3. The Morgan fingerprint density at radius 1 is 0.451 bits per heavy atom. The largest absolute Gasteiger partial charge is 0.394 e. The van der Waals surface area contributed by atoms with Gasteiger partial charge < -0.3 is 15.5 Å². The Hall–Kier alpha value is -0.870. The van der Waals surface area contributed by atoms with Gasteiger partial charge in [0.25, 0.3) is 0 Å². The molecule has 0 radical (unpaired) electrons. The summed E-state index contributed by atoms with van der Waals surface area (Å²) in [5.41, 5.74) is 0. The average molecular weight is 720 g/mol. The zero-order valence-electron chi connectivity index (χ0n) is 34.9. The van der Waals surface area contributed by atoms with Crippen molar-refractivity contribution in [3.63, 3.8) is 0 Å². The second-order valence-electron chi connectivity index (χ2n) is 16.2. The number of rotatable bonds is 43. The van der Waals surface area contributed by atoms with Crippen molar-refractivity contribution in [2.24, 2.45) is 0 Å². The summed E-state index contributed by atoms with van der Waals surface area (Å²) in [6.07, 6.45) is 54.4. The van der Waals surface area contributed by atoms with Crippen LogP contribution in [-0.2, 0) is 4.79 Å².